The lowest BCUT2D eigenvalue weighted by molar-refractivity contribution is 0.0254. The van der Waals surface area contributed by atoms with Crippen LogP contribution in [0.2, 0.25) is 0 Å². The van der Waals surface area contributed by atoms with Gasteiger partial charge in [0.2, 0.25) is 5.95 Å². The van der Waals surface area contributed by atoms with Gasteiger partial charge in [0.1, 0.15) is 17.9 Å². The number of nitriles is 1. The summed E-state index contributed by atoms with van der Waals surface area (Å²) in [6.45, 7) is 2.66. The Balaban J connectivity index is 1.54. The predicted molar refractivity (Wildman–Crippen MR) is 148 cm³/mol. The van der Waals surface area contributed by atoms with E-state index in [1.807, 2.05) is 37.2 Å². The van der Waals surface area contributed by atoms with Crippen LogP contribution >= 0.6 is 0 Å². The van der Waals surface area contributed by atoms with Crippen LogP contribution in [-0.4, -0.2) is 86.3 Å². The molecule has 0 aliphatic carbocycles. The first-order valence-electron chi connectivity index (χ1n) is 12.9. The van der Waals surface area contributed by atoms with E-state index in [2.05, 4.69) is 21.4 Å². The van der Waals surface area contributed by atoms with Crippen LogP contribution in [0, 0.1) is 11.3 Å². The normalized spacial score (nSPS) is 13.5. The maximum absolute atomic E-state index is 13.1. The molecule has 0 radical (unpaired) electrons. The molecule has 1 aliphatic rings. The smallest absolute Gasteiger partial charge is 0.257 e. The standard InChI is InChI=1S/C29H34N6O4/c1-34(2)14-15-35(3)28(36)23-6-5-7-25(27(23)37-4)33-29-31-13-10-24(32-29)20-8-9-26(21(18-20)19-30)39-22-11-16-38-17-12-22/h5-10,13,18,22H,11-12,14-17H2,1-4H3,(H,31,32,33). The summed E-state index contributed by atoms with van der Waals surface area (Å²) in [6, 6.07) is 14.8. The molecule has 39 heavy (non-hydrogen) atoms. The molecule has 1 aromatic heterocycles. The van der Waals surface area contributed by atoms with Crippen LogP contribution in [0.1, 0.15) is 28.8 Å². The minimum Gasteiger partial charge on any atom is -0.494 e. The number of nitrogens with zero attached hydrogens (tertiary/aromatic N) is 5. The first-order valence-corrected chi connectivity index (χ1v) is 12.9. The van der Waals surface area contributed by atoms with Gasteiger partial charge in [-0.15, -0.1) is 0 Å². The highest BCUT2D eigenvalue weighted by molar-refractivity contribution is 5.99. The number of ether oxygens (including phenoxy) is 3. The SMILES string of the molecule is COc1c(Nc2nccc(-c3ccc(OC4CCOCC4)c(C#N)c3)n2)cccc1C(=O)N(C)CCN(C)C. The number of benzene rings is 2. The number of nitrogens with one attached hydrogen (secondary N) is 1. The highest BCUT2D eigenvalue weighted by Gasteiger charge is 2.20. The second-order valence-corrected chi connectivity index (χ2v) is 9.56. The monoisotopic (exact) mass is 530 g/mol. The molecule has 0 unspecified atom stereocenters. The summed E-state index contributed by atoms with van der Waals surface area (Å²) in [6.07, 6.45) is 3.28. The maximum Gasteiger partial charge on any atom is 0.257 e. The van der Waals surface area contributed by atoms with E-state index in [1.54, 1.807) is 42.4 Å². The molecule has 1 N–H and O–H groups in total. The zero-order valence-corrected chi connectivity index (χ0v) is 22.8. The number of methoxy groups -OCH3 is 1. The van der Waals surface area contributed by atoms with Gasteiger partial charge in [-0.3, -0.25) is 4.79 Å². The summed E-state index contributed by atoms with van der Waals surface area (Å²) in [4.78, 5) is 25.8. The van der Waals surface area contributed by atoms with Crippen molar-refractivity contribution in [3.8, 4) is 28.8 Å². The van der Waals surface area contributed by atoms with Crippen molar-refractivity contribution in [3.63, 3.8) is 0 Å². The van der Waals surface area contributed by atoms with E-state index in [4.69, 9.17) is 14.2 Å². The Morgan fingerprint density at radius 1 is 1.15 bits per heavy atom. The second kappa shape index (κ2) is 13.0. The van der Waals surface area contributed by atoms with Crippen molar-refractivity contribution in [3.05, 3.63) is 59.8 Å². The van der Waals surface area contributed by atoms with E-state index in [9.17, 15) is 10.1 Å². The van der Waals surface area contributed by atoms with E-state index >= 15 is 0 Å². The van der Waals surface area contributed by atoms with Gasteiger partial charge in [-0.2, -0.15) is 5.26 Å². The molecule has 10 heteroatoms. The van der Waals surface area contributed by atoms with Crippen molar-refractivity contribution in [2.24, 2.45) is 0 Å². The number of rotatable bonds is 10. The van der Waals surface area contributed by atoms with Gasteiger partial charge >= 0.3 is 0 Å². The fourth-order valence-corrected chi connectivity index (χ4v) is 4.23. The number of carbonyl (C=O) groups is 1. The van der Waals surface area contributed by atoms with Crippen LogP contribution in [0.15, 0.2) is 48.7 Å². The molecule has 0 bridgehead atoms. The molecule has 0 saturated carbocycles. The molecule has 1 aliphatic heterocycles. The first-order chi connectivity index (χ1) is 18.9. The van der Waals surface area contributed by atoms with Crippen molar-refractivity contribution in [1.29, 1.82) is 5.26 Å². The molecule has 10 nitrogen and oxygen atoms in total. The van der Waals surface area contributed by atoms with E-state index in [0.29, 0.717) is 59.7 Å². The predicted octanol–water partition coefficient (Wildman–Crippen LogP) is 3.96. The molecule has 1 fully saturated rings. The summed E-state index contributed by atoms with van der Waals surface area (Å²) in [5.74, 6) is 1.16. The van der Waals surface area contributed by atoms with Crippen LogP contribution in [0.4, 0.5) is 11.6 Å². The Bertz CT molecular complexity index is 1330. The topological polar surface area (TPSA) is 113 Å². The van der Waals surface area contributed by atoms with Gasteiger partial charge in [-0.05, 0) is 50.5 Å². The van der Waals surface area contributed by atoms with Crippen LogP contribution in [0.25, 0.3) is 11.3 Å². The van der Waals surface area contributed by atoms with Crippen molar-refractivity contribution in [1.82, 2.24) is 19.8 Å². The number of likely N-dealkylation sites (N-methyl/N-ethyl adjacent to an activating group) is 2. The average Bonchev–Trinajstić information content (AvgIpc) is 2.96. The molecule has 1 saturated heterocycles. The third-order valence-corrected chi connectivity index (χ3v) is 6.44. The second-order valence-electron chi connectivity index (χ2n) is 9.56. The Labute approximate surface area is 229 Å². The lowest BCUT2D eigenvalue weighted by Crippen LogP contribution is -2.33. The van der Waals surface area contributed by atoms with E-state index in [1.165, 1.54) is 7.11 Å². The molecular formula is C29H34N6O4. The van der Waals surface area contributed by atoms with Gasteiger partial charge < -0.3 is 29.3 Å². The third-order valence-electron chi connectivity index (χ3n) is 6.44. The number of aromatic nitrogens is 2. The van der Waals surface area contributed by atoms with Crippen LogP contribution in [-0.2, 0) is 4.74 Å². The molecule has 2 heterocycles. The Kier molecular flexibility index (Phi) is 9.31. The summed E-state index contributed by atoms with van der Waals surface area (Å²) >= 11 is 0. The molecular weight excluding hydrogens is 496 g/mol. The number of carbonyl (C=O) groups excluding carboxylic acids is 1. The Morgan fingerprint density at radius 2 is 1.95 bits per heavy atom. The molecule has 3 aromatic rings. The first kappa shape index (κ1) is 27.8. The Morgan fingerprint density at radius 3 is 2.67 bits per heavy atom. The summed E-state index contributed by atoms with van der Waals surface area (Å²) < 4.78 is 17.1. The molecule has 0 spiro atoms. The van der Waals surface area contributed by atoms with Gasteiger partial charge in [0.25, 0.3) is 5.91 Å². The van der Waals surface area contributed by atoms with Gasteiger partial charge in [0.05, 0.1) is 42.8 Å². The minimum absolute atomic E-state index is 0.0388. The number of anilines is 2. The highest BCUT2D eigenvalue weighted by Crippen LogP contribution is 2.32. The highest BCUT2D eigenvalue weighted by atomic mass is 16.5. The largest absolute Gasteiger partial charge is 0.494 e. The fourth-order valence-electron chi connectivity index (χ4n) is 4.23. The lowest BCUT2D eigenvalue weighted by atomic mass is 10.1. The van der Waals surface area contributed by atoms with E-state index in [0.717, 1.165) is 24.9 Å². The molecule has 204 valence electrons. The van der Waals surface area contributed by atoms with Crippen molar-refractivity contribution < 1.29 is 19.0 Å². The summed E-state index contributed by atoms with van der Waals surface area (Å²) in [7, 11) is 7.23. The van der Waals surface area contributed by atoms with Crippen molar-refractivity contribution in [2.45, 2.75) is 18.9 Å². The van der Waals surface area contributed by atoms with Crippen molar-refractivity contribution >= 4 is 17.5 Å². The number of hydrogen-bond acceptors (Lipinski definition) is 9. The Hall–Kier alpha value is -4.20. The van der Waals surface area contributed by atoms with Crippen LogP contribution in [0.3, 0.4) is 0 Å². The van der Waals surface area contributed by atoms with Crippen LogP contribution < -0.4 is 14.8 Å². The molecule has 0 atom stereocenters. The van der Waals surface area contributed by atoms with Gasteiger partial charge in [-0.1, -0.05) is 6.07 Å². The molecule has 4 rings (SSSR count). The number of amides is 1. The summed E-state index contributed by atoms with van der Waals surface area (Å²) in [5, 5.41) is 12.9. The van der Waals surface area contributed by atoms with E-state index < -0.39 is 0 Å². The third kappa shape index (κ3) is 7.02. The quantitative estimate of drug-likeness (QED) is 0.416. The fraction of sp³-hybridized carbons (Fsp3) is 0.379. The zero-order valence-electron chi connectivity index (χ0n) is 22.8. The van der Waals surface area contributed by atoms with Crippen molar-refractivity contribution in [2.75, 3.05) is 59.9 Å². The number of para-hydroxylation sites is 1. The van der Waals surface area contributed by atoms with Crippen LogP contribution in [0.5, 0.6) is 11.5 Å². The molecule has 2 aromatic carbocycles. The maximum atomic E-state index is 13.1. The molecule has 1 amide bonds. The van der Waals surface area contributed by atoms with Gasteiger partial charge in [-0.25, -0.2) is 9.97 Å². The minimum atomic E-state index is -0.140. The number of hydrogen-bond donors (Lipinski definition) is 1. The van der Waals surface area contributed by atoms with Gasteiger partial charge in [0.15, 0.2) is 5.75 Å². The summed E-state index contributed by atoms with van der Waals surface area (Å²) in [5.41, 5.74) is 2.85. The zero-order chi connectivity index (χ0) is 27.8. The van der Waals surface area contributed by atoms with E-state index in [-0.39, 0.29) is 12.0 Å². The average molecular weight is 531 g/mol. The lowest BCUT2D eigenvalue weighted by Gasteiger charge is -2.23. The van der Waals surface area contributed by atoms with Gasteiger partial charge in [0, 0.05) is 44.7 Å².